The Hall–Kier alpha value is -2.10. The van der Waals surface area contributed by atoms with Crippen molar-refractivity contribution in [3.63, 3.8) is 0 Å². The zero-order chi connectivity index (χ0) is 12.3. The lowest BCUT2D eigenvalue weighted by Crippen LogP contribution is -2.34. The standard InChI is InChI=1S/C13H13NO3/c15-12(5-6-13(16)17)14-11-7-9-3-1-2-4-10(9)8-11/h1-6,11H,7-8H2,(H,14,15)(H,16,17)/b6-5+. The third-order valence-corrected chi connectivity index (χ3v) is 2.77. The molecule has 17 heavy (non-hydrogen) atoms. The van der Waals surface area contributed by atoms with Crippen molar-refractivity contribution in [2.45, 2.75) is 18.9 Å². The lowest BCUT2D eigenvalue weighted by Gasteiger charge is -2.09. The first-order valence-corrected chi connectivity index (χ1v) is 5.43. The van der Waals surface area contributed by atoms with Crippen LogP contribution < -0.4 is 5.32 Å². The molecule has 0 fully saturated rings. The quantitative estimate of drug-likeness (QED) is 0.760. The van der Waals surface area contributed by atoms with Crippen LogP contribution in [0.3, 0.4) is 0 Å². The largest absolute Gasteiger partial charge is 0.478 e. The van der Waals surface area contributed by atoms with Gasteiger partial charge in [0.15, 0.2) is 0 Å². The summed E-state index contributed by atoms with van der Waals surface area (Å²) in [6.45, 7) is 0. The van der Waals surface area contributed by atoms with Crippen molar-refractivity contribution in [3.05, 3.63) is 47.5 Å². The van der Waals surface area contributed by atoms with Gasteiger partial charge in [0.05, 0.1) is 0 Å². The third kappa shape index (κ3) is 2.93. The molecule has 4 nitrogen and oxygen atoms in total. The highest BCUT2D eigenvalue weighted by Crippen LogP contribution is 2.21. The van der Waals surface area contributed by atoms with Gasteiger partial charge >= 0.3 is 5.97 Å². The Balaban J connectivity index is 1.92. The molecule has 2 rings (SSSR count). The van der Waals surface area contributed by atoms with E-state index in [1.54, 1.807) is 0 Å². The minimum Gasteiger partial charge on any atom is -0.478 e. The summed E-state index contributed by atoms with van der Waals surface area (Å²) in [7, 11) is 0. The minimum atomic E-state index is -1.12. The topological polar surface area (TPSA) is 66.4 Å². The number of carboxylic acids is 1. The molecule has 0 atom stereocenters. The van der Waals surface area contributed by atoms with Crippen molar-refractivity contribution in [2.75, 3.05) is 0 Å². The fraction of sp³-hybridized carbons (Fsp3) is 0.231. The van der Waals surface area contributed by atoms with Gasteiger partial charge in [-0.15, -0.1) is 0 Å². The highest BCUT2D eigenvalue weighted by Gasteiger charge is 2.21. The summed E-state index contributed by atoms with van der Waals surface area (Å²) in [6.07, 6.45) is 3.51. The molecule has 0 spiro atoms. The summed E-state index contributed by atoms with van der Waals surface area (Å²) in [4.78, 5) is 21.6. The van der Waals surface area contributed by atoms with Crippen LogP contribution in [-0.2, 0) is 22.4 Å². The summed E-state index contributed by atoms with van der Waals surface area (Å²) >= 11 is 0. The predicted molar refractivity (Wildman–Crippen MR) is 62.6 cm³/mol. The van der Waals surface area contributed by atoms with Gasteiger partial charge in [0.25, 0.3) is 0 Å². The molecule has 0 aliphatic heterocycles. The molecule has 0 saturated heterocycles. The van der Waals surface area contributed by atoms with Crippen LogP contribution in [0.25, 0.3) is 0 Å². The van der Waals surface area contributed by atoms with Gasteiger partial charge in [-0.2, -0.15) is 0 Å². The molecule has 0 heterocycles. The zero-order valence-electron chi connectivity index (χ0n) is 9.22. The molecular weight excluding hydrogens is 218 g/mol. The fourth-order valence-electron chi connectivity index (χ4n) is 2.06. The van der Waals surface area contributed by atoms with Gasteiger partial charge in [-0.25, -0.2) is 4.79 Å². The summed E-state index contributed by atoms with van der Waals surface area (Å²) in [5.74, 6) is -1.47. The number of benzene rings is 1. The number of hydrogen-bond donors (Lipinski definition) is 2. The average molecular weight is 231 g/mol. The zero-order valence-corrected chi connectivity index (χ0v) is 9.22. The van der Waals surface area contributed by atoms with Crippen molar-refractivity contribution in [2.24, 2.45) is 0 Å². The second kappa shape index (κ2) is 4.82. The van der Waals surface area contributed by atoms with Crippen LogP contribution in [0.15, 0.2) is 36.4 Å². The van der Waals surface area contributed by atoms with E-state index in [-0.39, 0.29) is 11.9 Å². The van der Waals surface area contributed by atoms with Crippen LogP contribution in [0.4, 0.5) is 0 Å². The van der Waals surface area contributed by atoms with E-state index in [9.17, 15) is 9.59 Å². The Kier molecular flexibility index (Phi) is 3.23. The maximum Gasteiger partial charge on any atom is 0.328 e. The molecule has 1 aliphatic carbocycles. The lowest BCUT2D eigenvalue weighted by molar-refractivity contribution is -0.131. The number of nitrogens with one attached hydrogen (secondary N) is 1. The van der Waals surface area contributed by atoms with Crippen LogP contribution >= 0.6 is 0 Å². The van der Waals surface area contributed by atoms with Crippen LogP contribution in [0.2, 0.25) is 0 Å². The van der Waals surface area contributed by atoms with Gasteiger partial charge in [0.2, 0.25) is 5.91 Å². The normalized spacial score (nSPS) is 14.8. The molecule has 2 N–H and O–H groups in total. The Morgan fingerprint density at radius 3 is 2.29 bits per heavy atom. The summed E-state index contributed by atoms with van der Waals surface area (Å²) in [6, 6.07) is 8.13. The second-order valence-electron chi connectivity index (χ2n) is 4.05. The van der Waals surface area contributed by atoms with Gasteiger partial charge in [-0.1, -0.05) is 24.3 Å². The molecule has 88 valence electrons. The molecule has 0 unspecified atom stereocenters. The van der Waals surface area contributed by atoms with Crippen molar-refractivity contribution in [1.82, 2.24) is 5.32 Å². The Morgan fingerprint density at radius 1 is 1.18 bits per heavy atom. The van der Waals surface area contributed by atoms with Crippen LogP contribution in [-0.4, -0.2) is 23.0 Å². The molecule has 1 aromatic rings. The van der Waals surface area contributed by atoms with Gasteiger partial charge < -0.3 is 10.4 Å². The Labute approximate surface area is 99.0 Å². The second-order valence-corrected chi connectivity index (χ2v) is 4.05. The first kappa shape index (κ1) is 11.4. The number of carbonyl (C=O) groups is 2. The SMILES string of the molecule is O=C(O)/C=C/C(=O)NC1Cc2ccccc2C1. The van der Waals surface area contributed by atoms with Gasteiger partial charge in [-0.05, 0) is 24.0 Å². The highest BCUT2D eigenvalue weighted by atomic mass is 16.4. The van der Waals surface area contributed by atoms with E-state index >= 15 is 0 Å². The highest BCUT2D eigenvalue weighted by molar-refractivity contribution is 5.94. The van der Waals surface area contributed by atoms with Crippen molar-refractivity contribution < 1.29 is 14.7 Å². The minimum absolute atomic E-state index is 0.0679. The van der Waals surface area contributed by atoms with E-state index in [0.29, 0.717) is 0 Å². The van der Waals surface area contributed by atoms with Crippen molar-refractivity contribution >= 4 is 11.9 Å². The smallest absolute Gasteiger partial charge is 0.328 e. The van der Waals surface area contributed by atoms with Crippen molar-refractivity contribution in [1.29, 1.82) is 0 Å². The van der Waals surface area contributed by atoms with Crippen LogP contribution in [0.5, 0.6) is 0 Å². The molecule has 0 radical (unpaired) electrons. The molecule has 0 bridgehead atoms. The molecule has 1 aliphatic rings. The number of carbonyl (C=O) groups excluding carboxylic acids is 1. The fourth-order valence-corrected chi connectivity index (χ4v) is 2.06. The van der Waals surface area contributed by atoms with E-state index in [0.717, 1.165) is 25.0 Å². The van der Waals surface area contributed by atoms with Gasteiger partial charge in [0, 0.05) is 18.2 Å². The van der Waals surface area contributed by atoms with E-state index in [1.807, 2.05) is 12.1 Å². The van der Waals surface area contributed by atoms with E-state index in [4.69, 9.17) is 5.11 Å². The number of carboxylic acid groups (broad SMARTS) is 1. The number of fused-ring (bicyclic) bond motifs is 1. The lowest BCUT2D eigenvalue weighted by atomic mass is 10.1. The Bertz CT molecular complexity index is 454. The first-order valence-electron chi connectivity index (χ1n) is 5.43. The molecule has 0 aromatic heterocycles. The Morgan fingerprint density at radius 2 is 1.76 bits per heavy atom. The summed E-state index contributed by atoms with van der Waals surface area (Å²) < 4.78 is 0. The van der Waals surface area contributed by atoms with Gasteiger partial charge in [0.1, 0.15) is 0 Å². The van der Waals surface area contributed by atoms with E-state index in [1.165, 1.54) is 11.1 Å². The van der Waals surface area contributed by atoms with Gasteiger partial charge in [-0.3, -0.25) is 4.79 Å². The molecule has 1 aromatic carbocycles. The third-order valence-electron chi connectivity index (χ3n) is 2.77. The summed E-state index contributed by atoms with van der Waals surface area (Å²) in [5.41, 5.74) is 2.50. The summed E-state index contributed by atoms with van der Waals surface area (Å²) in [5, 5.41) is 11.2. The number of amides is 1. The first-order chi connectivity index (χ1) is 8.15. The number of rotatable bonds is 3. The van der Waals surface area contributed by atoms with Crippen LogP contribution in [0, 0.1) is 0 Å². The maximum absolute atomic E-state index is 11.4. The van der Waals surface area contributed by atoms with E-state index < -0.39 is 5.97 Å². The number of aliphatic carboxylic acids is 1. The predicted octanol–water partition coefficient (Wildman–Crippen LogP) is 0.911. The average Bonchev–Trinajstić information content (AvgIpc) is 2.68. The maximum atomic E-state index is 11.4. The van der Waals surface area contributed by atoms with E-state index in [2.05, 4.69) is 17.4 Å². The molecular formula is C13H13NO3. The molecule has 4 heteroatoms. The molecule has 1 amide bonds. The van der Waals surface area contributed by atoms with Crippen molar-refractivity contribution in [3.8, 4) is 0 Å². The van der Waals surface area contributed by atoms with Crippen LogP contribution in [0.1, 0.15) is 11.1 Å². The molecule has 0 saturated carbocycles. The monoisotopic (exact) mass is 231 g/mol. The number of hydrogen-bond acceptors (Lipinski definition) is 2.